The van der Waals surface area contributed by atoms with Crippen molar-refractivity contribution >= 4 is 11.0 Å². The van der Waals surface area contributed by atoms with Gasteiger partial charge >= 0.3 is 0 Å². The summed E-state index contributed by atoms with van der Waals surface area (Å²) in [6.07, 6.45) is 1.59. The standard InChI is InChI=1S/C12H13FN2.C2H6/c1-7(2)9-4-5-10-12(11(9)13)14-6-8(3)15-10;1-2/h4-7H,1-3H3;1-2H3. The van der Waals surface area contributed by atoms with Gasteiger partial charge in [-0.05, 0) is 24.5 Å². The van der Waals surface area contributed by atoms with Gasteiger partial charge in [0, 0.05) is 6.20 Å². The van der Waals surface area contributed by atoms with Crippen molar-refractivity contribution in [2.24, 2.45) is 0 Å². The molecule has 0 N–H and O–H groups in total. The van der Waals surface area contributed by atoms with Crippen molar-refractivity contribution in [1.29, 1.82) is 0 Å². The number of benzene rings is 1. The molecule has 1 heterocycles. The summed E-state index contributed by atoms with van der Waals surface area (Å²) in [4.78, 5) is 8.32. The van der Waals surface area contributed by atoms with Crippen LogP contribution in [0, 0.1) is 12.7 Å². The molecule has 0 amide bonds. The Bertz CT molecular complexity index is 507. The number of halogens is 1. The molecule has 0 aliphatic heterocycles. The van der Waals surface area contributed by atoms with Crippen LogP contribution in [0.4, 0.5) is 4.39 Å². The van der Waals surface area contributed by atoms with Crippen molar-refractivity contribution in [3.63, 3.8) is 0 Å². The summed E-state index contributed by atoms with van der Waals surface area (Å²) in [6, 6.07) is 3.62. The Labute approximate surface area is 102 Å². The molecular weight excluding hydrogens is 215 g/mol. The third kappa shape index (κ3) is 2.78. The second-order valence-corrected chi connectivity index (χ2v) is 4.00. The lowest BCUT2D eigenvalue weighted by Crippen LogP contribution is -1.97. The van der Waals surface area contributed by atoms with Gasteiger partial charge in [0.05, 0.1) is 11.2 Å². The third-order valence-electron chi connectivity index (χ3n) is 2.42. The topological polar surface area (TPSA) is 25.8 Å². The maximum absolute atomic E-state index is 13.9. The molecule has 0 aliphatic rings. The van der Waals surface area contributed by atoms with Gasteiger partial charge in [0.1, 0.15) is 5.52 Å². The first-order valence-electron chi connectivity index (χ1n) is 6.01. The summed E-state index contributed by atoms with van der Waals surface area (Å²) >= 11 is 0. The number of aromatic nitrogens is 2. The van der Waals surface area contributed by atoms with E-state index in [0.29, 0.717) is 16.6 Å². The summed E-state index contributed by atoms with van der Waals surface area (Å²) in [5, 5.41) is 0. The minimum atomic E-state index is -0.241. The molecule has 0 spiro atoms. The second-order valence-electron chi connectivity index (χ2n) is 4.00. The largest absolute Gasteiger partial charge is 0.250 e. The van der Waals surface area contributed by atoms with Crippen LogP contribution >= 0.6 is 0 Å². The Morgan fingerprint density at radius 2 is 1.82 bits per heavy atom. The Balaban J connectivity index is 0.000000686. The molecule has 0 atom stereocenters. The van der Waals surface area contributed by atoms with Gasteiger partial charge < -0.3 is 0 Å². The molecule has 2 rings (SSSR count). The van der Waals surface area contributed by atoms with E-state index in [2.05, 4.69) is 9.97 Å². The van der Waals surface area contributed by atoms with E-state index in [4.69, 9.17) is 0 Å². The smallest absolute Gasteiger partial charge is 0.154 e. The van der Waals surface area contributed by atoms with Crippen LogP contribution in [0.15, 0.2) is 18.3 Å². The number of aryl methyl sites for hydroxylation is 1. The first kappa shape index (κ1) is 13.6. The average molecular weight is 234 g/mol. The van der Waals surface area contributed by atoms with Gasteiger partial charge in [0.15, 0.2) is 5.82 Å². The van der Waals surface area contributed by atoms with Crippen LogP contribution < -0.4 is 0 Å². The lowest BCUT2D eigenvalue weighted by Gasteiger charge is -2.08. The SMILES string of the molecule is CC.Cc1cnc2c(F)c(C(C)C)ccc2n1. The highest BCUT2D eigenvalue weighted by atomic mass is 19.1. The number of nitrogens with zero attached hydrogens (tertiary/aromatic N) is 2. The quantitative estimate of drug-likeness (QED) is 0.738. The van der Waals surface area contributed by atoms with Crippen molar-refractivity contribution < 1.29 is 4.39 Å². The van der Waals surface area contributed by atoms with Gasteiger partial charge in [0.25, 0.3) is 0 Å². The number of rotatable bonds is 1. The van der Waals surface area contributed by atoms with E-state index in [0.717, 1.165) is 5.69 Å². The summed E-state index contributed by atoms with van der Waals surface area (Å²) in [7, 11) is 0. The first-order valence-corrected chi connectivity index (χ1v) is 6.01. The molecule has 2 nitrogen and oxygen atoms in total. The highest BCUT2D eigenvalue weighted by Gasteiger charge is 2.11. The summed E-state index contributed by atoms with van der Waals surface area (Å²) in [5.74, 6) is -0.0764. The molecule has 0 radical (unpaired) electrons. The Morgan fingerprint density at radius 3 is 2.41 bits per heavy atom. The predicted molar refractivity (Wildman–Crippen MR) is 69.7 cm³/mol. The van der Waals surface area contributed by atoms with Crippen LogP contribution in [-0.2, 0) is 0 Å². The molecule has 0 bridgehead atoms. The third-order valence-corrected chi connectivity index (χ3v) is 2.42. The number of hydrogen-bond acceptors (Lipinski definition) is 2. The van der Waals surface area contributed by atoms with E-state index < -0.39 is 0 Å². The van der Waals surface area contributed by atoms with Crippen LogP contribution in [0.3, 0.4) is 0 Å². The molecule has 1 aromatic carbocycles. The van der Waals surface area contributed by atoms with E-state index in [1.807, 2.05) is 40.7 Å². The van der Waals surface area contributed by atoms with Crippen molar-refractivity contribution in [3.8, 4) is 0 Å². The average Bonchev–Trinajstić information content (AvgIpc) is 2.31. The van der Waals surface area contributed by atoms with Crippen molar-refractivity contribution in [3.05, 3.63) is 35.4 Å². The van der Waals surface area contributed by atoms with E-state index in [1.165, 1.54) is 0 Å². The maximum atomic E-state index is 13.9. The molecule has 0 unspecified atom stereocenters. The van der Waals surface area contributed by atoms with Crippen LogP contribution in [0.25, 0.3) is 11.0 Å². The zero-order valence-corrected chi connectivity index (χ0v) is 11.1. The zero-order chi connectivity index (χ0) is 13.0. The van der Waals surface area contributed by atoms with Gasteiger partial charge in [-0.1, -0.05) is 33.8 Å². The van der Waals surface area contributed by atoms with Gasteiger partial charge in [0.2, 0.25) is 0 Å². The molecule has 92 valence electrons. The maximum Gasteiger partial charge on any atom is 0.154 e. The minimum Gasteiger partial charge on any atom is -0.250 e. The first-order chi connectivity index (χ1) is 8.09. The highest BCUT2D eigenvalue weighted by Crippen LogP contribution is 2.23. The fraction of sp³-hybridized carbons (Fsp3) is 0.429. The van der Waals surface area contributed by atoms with Gasteiger partial charge in [-0.25, -0.2) is 14.4 Å². The van der Waals surface area contributed by atoms with Gasteiger partial charge in [-0.15, -0.1) is 0 Å². The Morgan fingerprint density at radius 1 is 1.18 bits per heavy atom. The molecule has 0 saturated carbocycles. The number of fused-ring (bicyclic) bond motifs is 1. The zero-order valence-electron chi connectivity index (χ0n) is 11.1. The lowest BCUT2D eigenvalue weighted by atomic mass is 10.0. The minimum absolute atomic E-state index is 0.164. The van der Waals surface area contributed by atoms with Crippen LogP contribution in [0.2, 0.25) is 0 Å². The van der Waals surface area contributed by atoms with E-state index in [-0.39, 0.29) is 11.7 Å². The summed E-state index contributed by atoms with van der Waals surface area (Å²) in [6.45, 7) is 9.78. The second kappa shape index (κ2) is 5.71. The van der Waals surface area contributed by atoms with E-state index in [1.54, 1.807) is 12.3 Å². The monoisotopic (exact) mass is 234 g/mol. The van der Waals surface area contributed by atoms with E-state index in [9.17, 15) is 4.39 Å². The molecule has 0 aliphatic carbocycles. The summed E-state index contributed by atoms with van der Waals surface area (Å²) < 4.78 is 13.9. The fourth-order valence-electron chi connectivity index (χ4n) is 1.61. The molecule has 3 heteroatoms. The predicted octanol–water partition coefficient (Wildman–Crippen LogP) is 4.23. The molecule has 2 aromatic rings. The number of hydrogen-bond donors (Lipinski definition) is 0. The van der Waals surface area contributed by atoms with Crippen LogP contribution in [-0.4, -0.2) is 9.97 Å². The van der Waals surface area contributed by atoms with E-state index >= 15 is 0 Å². The van der Waals surface area contributed by atoms with Gasteiger partial charge in [-0.2, -0.15) is 0 Å². The van der Waals surface area contributed by atoms with Crippen molar-refractivity contribution in [2.75, 3.05) is 0 Å². The Hall–Kier alpha value is -1.51. The molecule has 17 heavy (non-hydrogen) atoms. The van der Waals surface area contributed by atoms with Crippen LogP contribution in [0.1, 0.15) is 44.9 Å². The lowest BCUT2D eigenvalue weighted by molar-refractivity contribution is 0.606. The normalized spacial score (nSPS) is 10.3. The molecule has 1 aromatic heterocycles. The Kier molecular flexibility index (Phi) is 4.55. The molecular formula is C14H19FN2. The van der Waals surface area contributed by atoms with Gasteiger partial charge in [-0.3, -0.25) is 0 Å². The fourth-order valence-corrected chi connectivity index (χ4v) is 1.61. The van der Waals surface area contributed by atoms with Crippen LogP contribution in [0.5, 0.6) is 0 Å². The highest BCUT2D eigenvalue weighted by molar-refractivity contribution is 5.75. The summed E-state index contributed by atoms with van der Waals surface area (Å²) in [5.41, 5.74) is 2.49. The van der Waals surface area contributed by atoms with Crippen molar-refractivity contribution in [1.82, 2.24) is 9.97 Å². The molecule has 0 fully saturated rings. The van der Waals surface area contributed by atoms with Crippen molar-refractivity contribution in [2.45, 2.75) is 40.5 Å². The molecule has 0 saturated heterocycles.